The van der Waals surface area contributed by atoms with Crippen molar-refractivity contribution in [2.45, 2.75) is 6.92 Å². The van der Waals surface area contributed by atoms with Gasteiger partial charge in [0.05, 0.1) is 6.54 Å². The number of ether oxygens (including phenoxy) is 1. The van der Waals surface area contributed by atoms with Crippen LogP contribution in [0.3, 0.4) is 0 Å². The van der Waals surface area contributed by atoms with Crippen molar-refractivity contribution in [2.24, 2.45) is 7.05 Å². The van der Waals surface area contributed by atoms with Crippen molar-refractivity contribution >= 4 is 29.3 Å². The molecule has 0 bridgehead atoms. The second-order valence-electron chi connectivity index (χ2n) is 5.69. The highest BCUT2D eigenvalue weighted by Crippen LogP contribution is 2.10. The van der Waals surface area contributed by atoms with Crippen LogP contribution in [0.1, 0.15) is 27.8 Å². The van der Waals surface area contributed by atoms with Gasteiger partial charge in [-0.25, -0.2) is 9.18 Å². The standard InChI is InChI=1S/C18H18FN3O5/c1-11(23)12-7-15(22(2)9-12)18(26)27-10-17(25)20-8-16(24)21-14-5-3-13(19)4-6-14/h3-7,9H,8,10H2,1-2H3,(H,20,25)(H,21,24). The molecule has 2 amide bonds. The van der Waals surface area contributed by atoms with Crippen LogP contribution < -0.4 is 10.6 Å². The highest BCUT2D eigenvalue weighted by atomic mass is 19.1. The first kappa shape index (κ1) is 19.8. The number of rotatable bonds is 7. The Balaban J connectivity index is 1.77. The molecule has 2 aromatic rings. The Morgan fingerprint density at radius 2 is 1.78 bits per heavy atom. The van der Waals surface area contributed by atoms with E-state index in [0.717, 1.165) is 0 Å². The summed E-state index contributed by atoms with van der Waals surface area (Å²) in [5, 5.41) is 4.77. The second kappa shape index (κ2) is 8.75. The number of nitrogens with zero attached hydrogens (tertiary/aromatic N) is 1. The van der Waals surface area contributed by atoms with Crippen molar-refractivity contribution in [3.8, 4) is 0 Å². The molecule has 2 N–H and O–H groups in total. The number of carbonyl (C=O) groups excluding carboxylic acids is 4. The first-order chi connectivity index (χ1) is 12.8. The van der Waals surface area contributed by atoms with Gasteiger partial charge in [0.2, 0.25) is 5.91 Å². The monoisotopic (exact) mass is 375 g/mol. The third kappa shape index (κ3) is 5.77. The van der Waals surface area contributed by atoms with Crippen LogP contribution >= 0.6 is 0 Å². The number of carbonyl (C=O) groups is 4. The Hall–Kier alpha value is -3.49. The Morgan fingerprint density at radius 3 is 2.37 bits per heavy atom. The van der Waals surface area contributed by atoms with Crippen LogP contribution in [0.5, 0.6) is 0 Å². The van der Waals surface area contributed by atoms with Gasteiger partial charge in [-0.3, -0.25) is 14.4 Å². The molecule has 142 valence electrons. The summed E-state index contributed by atoms with van der Waals surface area (Å²) in [6.45, 7) is 0.449. The number of ketones is 1. The van der Waals surface area contributed by atoms with Crippen LogP contribution in [-0.4, -0.2) is 41.3 Å². The quantitative estimate of drug-likeness (QED) is 0.560. The minimum absolute atomic E-state index is 0.127. The molecule has 0 fully saturated rings. The topological polar surface area (TPSA) is 106 Å². The lowest BCUT2D eigenvalue weighted by molar-refractivity contribution is -0.126. The van der Waals surface area contributed by atoms with Crippen molar-refractivity contribution in [3.05, 3.63) is 53.6 Å². The molecule has 1 heterocycles. The number of halogens is 1. The number of Topliss-reactive ketones (excluding diaryl/α,β-unsaturated/α-hetero) is 1. The largest absolute Gasteiger partial charge is 0.451 e. The van der Waals surface area contributed by atoms with Crippen LogP contribution in [0, 0.1) is 5.82 Å². The van der Waals surface area contributed by atoms with Gasteiger partial charge >= 0.3 is 5.97 Å². The van der Waals surface area contributed by atoms with Gasteiger partial charge in [0.15, 0.2) is 12.4 Å². The van der Waals surface area contributed by atoms with Crippen molar-refractivity contribution in [1.82, 2.24) is 9.88 Å². The van der Waals surface area contributed by atoms with Crippen LogP contribution in [0.25, 0.3) is 0 Å². The first-order valence-corrected chi connectivity index (χ1v) is 7.93. The van der Waals surface area contributed by atoms with Crippen molar-refractivity contribution in [2.75, 3.05) is 18.5 Å². The molecule has 2 rings (SSSR count). The average molecular weight is 375 g/mol. The number of hydrogen-bond acceptors (Lipinski definition) is 5. The summed E-state index contributed by atoms with van der Waals surface area (Å²) in [6.07, 6.45) is 1.48. The van der Waals surface area contributed by atoms with E-state index in [4.69, 9.17) is 4.74 Å². The number of hydrogen-bond donors (Lipinski definition) is 2. The fraction of sp³-hybridized carbons (Fsp3) is 0.222. The summed E-state index contributed by atoms with van der Waals surface area (Å²) < 4.78 is 19.1. The maximum Gasteiger partial charge on any atom is 0.355 e. The minimum Gasteiger partial charge on any atom is -0.451 e. The maximum absolute atomic E-state index is 12.8. The summed E-state index contributed by atoms with van der Waals surface area (Å²) >= 11 is 0. The van der Waals surface area contributed by atoms with E-state index in [2.05, 4.69) is 10.6 Å². The SMILES string of the molecule is CC(=O)c1cc(C(=O)OCC(=O)NCC(=O)Nc2ccc(F)cc2)n(C)c1. The molecule has 0 saturated carbocycles. The molecular formula is C18H18FN3O5. The average Bonchev–Trinajstić information content (AvgIpc) is 3.02. The van der Waals surface area contributed by atoms with E-state index in [0.29, 0.717) is 11.3 Å². The molecule has 0 atom stereocenters. The minimum atomic E-state index is -0.768. The van der Waals surface area contributed by atoms with Gasteiger partial charge in [-0.15, -0.1) is 0 Å². The Bertz CT molecular complexity index is 874. The Morgan fingerprint density at radius 1 is 1.11 bits per heavy atom. The van der Waals surface area contributed by atoms with Crippen molar-refractivity contribution in [3.63, 3.8) is 0 Å². The molecular weight excluding hydrogens is 357 g/mol. The molecule has 8 nitrogen and oxygen atoms in total. The second-order valence-corrected chi connectivity index (χ2v) is 5.69. The van der Waals surface area contributed by atoms with Gasteiger partial charge in [-0.1, -0.05) is 0 Å². The molecule has 0 radical (unpaired) electrons. The third-order valence-corrected chi connectivity index (χ3v) is 3.53. The number of nitrogens with one attached hydrogen (secondary N) is 2. The van der Waals surface area contributed by atoms with E-state index >= 15 is 0 Å². The normalized spacial score (nSPS) is 10.2. The lowest BCUT2D eigenvalue weighted by Crippen LogP contribution is -2.35. The van der Waals surface area contributed by atoms with Crippen LogP contribution in [-0.2, 0) is 21.4 Å². The van der Waals surface area contributed by atoms with Crippen molar-refractivity contribution in [1.29, 1.82) is 0 Å². The lowest BCUT2D eigenvalue weighted by atomic mass is 10.2. The van der Waals surface area contributed by atoms with E-state index in [-0.39, 0.29) is 18.0 Å². The molecule has 0 aliphatic carbocycles. The number of amides is 2. The molecule has 1 aromatic carbocycles. The van der Waals surface area contributed by atoms with Gasteiger partial charge in [-0.2, -0.15) is 0 Å². The maximum atomic E-state index is 12.8. The van der Waals surface area contributed by atoms with Gasteiger partial charge in [-0.05, 0) is 37.3 Å². The molecule has 27 heavy (non-hydrogen) atoms. The number of aromatic nitrogens is 1. The fourth-order valence-corrected chi connectivity index (χ4v) is 2.13. The summed E-state index contributed by atoms with van der Waals surface area (Å²) in [7, 11) is 1.57. The molecule has 0 aliphatic heterocycles. The number of esters is 1. The summed E-state index contributed by atoms with van der Waals surface area (Å²) in [6, 6.07) is 6.51. The summed E-state index contributed by atoms with van der Waals surface area (Å²) in [5.74, 6) is -2.59. The van der Waals surface area contributed by atoms with Gasteiger partial charge in [0.1, 0.15) is 11.5 Å². The fourth-order valence-electron chi connectivity index (χ4n) is 2.13. The highest BCUT2D eigenvalue weighted by Gasteiger charge is 2.16. The molecule has 0 saturated heterocycles. The smallest absolute Gasteiger partial charge is 0.355 e. The number of anilines is 1. The van der Waals surface area contributed by atoms with E-state index in [1.54, 1.807) is 7.05 Å². The van der Waals surface area contributed by atoms with Gasteiger partial charge in [0, 0.05) is 24.5 Å². The molecule has 0 unspecified atom stereocenters. The summed E-state index contributed by atoms with van der Waals surface area (Å²) in [4.78, 5) is 46.7. The first-order valence-electron chi connectivity index (χ1n) is 7.93. The highest BCUT2D eigenvalue weighted by molar-refractivity contribution is 5.98. The number of aryl methyl sites for hydroxylation is 1. The van der Waals surface area contributed by atoms with E-state index in [1.165, 1.54) is 48.0 Å². The van der Waals surface area contributed by atoms with E-state index < -0.39 is 30.2 Å². The zero-order valence-electron chi connectivity index (χ0n) is 14.7. The Labute approximate surface area is 154 Å². The lowest BCUT2D eigenvalue weighted by Gasteiger charge is -2.08. The van der Waals surface area contributed by atoms with Crippen LogP contribution in [0.2, 0.25) is 0 Å². The van der Waals surface area contributed by atoms with Gasteiger partial charge in [0.25, 0.3) is 5.91 Å². The zero-order valence-corrected chi connectivity index (χ0v) is 14.7. The van der Waals surface area contributed by atoms with Crippen LogP contribution in [0.4, 0.5) is 10.1 Å². The van der Waals surface area contributed by atoms with Crippen LogP contribution in [0.15, 0.2) is 36.5 Å². The summed E-state index contributed by atoms with van der Waals surface area (Å²) in [5.41, 5.74) is 0.862. The molecule has 1 aromatic heterocycles. The van der Waals surface area contributed by atoms with Crippen molar-refractivity contribution < 1.29 is 28.3 Å². The van der Waals surface area contributed by atoms with E-state index in [1.807, 2.05) is 0 Å². The van der Waals surface area contributed by atoms with Gasteiger partial charge < -0.3 is 19.9 Å². The molecule has 0 aliphatic rings. The third-order valence-electron chi connectivity index (χ3n) is 3.53. The van der Waals surface area contributed by atoms with E-state index in [9.17, 15) is 23.6 Å². The number of benzene rings is 1. The zero-order chi connectivity index (χ0) is 20.0. The predicted molar refractivity (Wildman–Crippen MR) is 93.7 cm³/mol. The molecule has 0 spiro atoms. The molecule has 9 heteroatoms. The Kier molecular flexibility index (Phi) is 6.42. The predicted octanol–water partition coefficient (Wildman–Crippen LogP) is 1.28.